The highest BCUT2D eigenvalue weighted by atomic mass is 35.5. The second kappa shape index (κ2) is 9.07. The Labute approximate surface area is 167 Å². The lowest BCUT2D eigenvalue weighted by atomic mass is 9.97. The number of allylic oxidation sites excluding steroid dienone is 2. The number of benzene rings is 2. The van der Waals surface area contributed by atoms with Gasteiger partial charge in [-0.15, -0.1) is 6.58 Å². The topological polar surface area (TPSA) is 27.8 Å². The molecule has 0 bridgehead atoms. The first-order valence-corrected chi connectivity index (χ1v) is 9.85. The van der Waals surface area contributed by atoms with Gasteiger partial charge in [-0.1, -0.05) is 48.5 Å². The highest BCUT2D eigenvalue weighted by Gasteiger charge is 2.12. The maximum Gasteiger partial charge on any atom is 0.0505 e. The van der Waals surface area contributed by atoms with Crippen LogP contribution >= 0.6 is 11.6 Å². The average molecular weight is 379 g/mol. The van der Waals surface area contributed by atoms with Crippen molar-refractivity contribution >= 4 is 28.1 Å². The highest BCUT2D eigenvalue weighted by molar-refractivity contribution is 6.34. The van der Waals surface area contributed by atoms with Crippen LogP contribution < -0.4 is 5.32 Å². The van der Waals surface area contributed by atoms with Crippen LogP contribution in [-0.4, -0.2) is 18.6 Å². The summed E-state index contributed by atoms with van der Waals surface area (Å²) in [6.07, 6.45) is 8.03. The monoisotopic (exact) mass is 378 g/mol. The first kappa shape index (κ1) is 19.5. The minimum atomic E-state index is 0.760. The molecule has 0 amide bonds. The van der Waals surface area contributed by atoms with Crippen molar-refractivity contribution in [2.75, 3.05) is 13.6 Å². The molecule has 0 atom stereocenters. The maximum atomic E-state index is 6.59. The summed E-state index contributed by atoms with van der Waals surface area (Å²) in [5.41, 5.74) is 6.88. The quantitative estimate of drug-likeness (QED) is 0.318. The largest absolute Gasteiger partial charge is 0.361 e. The number of nitrogens with one attached hydrogen (secondary N) is 2. The summed E-state index contributed by atoms with van der Waals surface area (Å²) in [5.74, 6) is 0. The molecule has 2 aromatic carbocycles. The number of aromatic nitrogens is 1. The van der Waals surface area contributed by atoms with E-state index >= 15 is 0 Å². The van der Waals surface area contributed by atoms with Gasteiger partial charge in [0, 0.05) is 28.2 Å². The van der Waals surface area contributed by atoms with Gasteiger partial charge >= 0.3 is 0 Å². The number of hydrogen-bond donors (Lipinski definition) is 2. The molecule has 0 aliphatic rings. The molecule has 3 rings (SSSR count). The van der Waals surface area contributed by atoms with E-state index in [-0.39, 0.29) is 0 Å². The van der Waals surface area contributed by atoms with Gasteiger partial charge in [-0.3, -0.25) is 0 Å². The molecular formula is C24H27ClN2. The smallest absolute Gasteiger partial charge is 0.0505 e. The minimum Gasteiger partial charge on any atom is -0.361 e. The molecule has 0 saturated carbocycles. The molecule has 27 heavy (non-hydrogen) atoms. The van der Waals surface area contributed by atoms with Gasteiger partial charge in [0.25, 0.3) is 0 Å². The third-order valence-corrected chi connectivity index (χ3v) is 5.27. The number of hydrogen-bond acceptors (Lipinski definition) is 1. The molecule has 0 aliphatic heterocycles. The fourth-order valence-electron chi connectivity index (χ4n) is 3.39. The number of H-pyrrole nitrogens is 1. The lowest BCUT2D eigenvalue weighted by Crippen LogP contribution is -2.08. The van der Waals surface area contributed by atoms with Gasteiger partial charge in [-0.05, 0) is 68.1 Å². The van der Waals surface area contributed by atoms with Gasteiger partial charge in [0.05, 0.1) is 5.02 Å². The van der Waals surface area contributed by atoms with Crippen LogP contribution in [-0.2, 0) is 6.42 Å². The number of aryl methyl sites for hydroxylation is 1. The first-order chi connectivity index (χ1) is 13.1. The Morgan fingerprint density at radius 3 is 2.70 bits per heavy atom. The Hall–Kier alpha value is -2.29. The van der Waals surface area contributed by atoms with Crippen molar-refractivity contribution in [1.82, 2.24) is 10.3 Å². The van der Waals surface area contributed by atoms with Gasteiger partial charge in [-0.2, -0.15) is 0 Å². The zero-order valence-electron chi connectivity index (χ0n) is 15.9. The Bertz CT molecular complexity index is 935. The lowest BCUT2D eigenvalue weighted by Gasteiger charge is -2.09. The van der Waals surface area contributed by atoms with Crippen LogP contribution in [0.1, 0.15) is 30.4 Å². The lowest BCUT2D eigenvalue weighted by molar-refractivity contribution is 0.725. The van der Waals surface area contributed by atoms with E-state index in [9.17, 15) is 0 Å². The molecule has 0 radical (unpaired) electrons. The average Bonchev–Trinajstić information content (AvgIpc) is 3.09. The predicted molar refractivity (Wildman–Crippen MR) is 119 cm³/mol. The van der Waals surface area contributed by atoms with E-state index in [0.29, 0.717) is 0 Å². The van der Waals surface area contributed by atoms with Gasteiger partial charge < -0.3 is 10.3 Å². The van der Waals surface area contributed by atoms with Crippen LogP contribution in [0, 0.1) is 0 Å². The molecule has 1 aromatic heterocycles. The second-order valence-corrected chi connectivity index (χ2v) is 7.32. The summed E-state index contributed by atoms with van der Waals surface area (Å²) >= 11 is 6.59. The Morgan fingerprint density at radius 2 is 2.00 bits per heavy atom. The van der Waals surface area contributed by atoms with Crippen molar-refractivity contribution in [3.05, 3.63) is 78.0 Å². The van der Waals surface area contributed by atoms with E-state index < -0.39 is 0 Å². The van der Waals surface area contributed by atoms with Gasteiger partial charge in [-0.25, -0.2) is 0 Å². The standard InChI is InChI=1S/C24H27ClN2/c1-4-5-7-17(2)22-16-27-24-15-23(25)20(14-21(22)24)19-11-9-18(10-12-19)8-6-13-26-3/h4,9-12,14-16,26-27H,1-2,5-8,13H2,3H3. The molecular weight excluding hydrogens is 352 g/mol. The molecule has 3 heteroatoms. The third kappa shape index (κ3) is 4.52. The Balaban J connectivity index is 1.91. The summed E-state index contributed by atoms with van der Waals surface area (Å²) in [4.78, 5) is 3.33. The first-order valence-electron chi connectivity index (χ1n) is 9.47. The fourth-order valence-corrected chi connectivity index (χ4v) is 3.66. The molecule has 2 N–H and O–H groups in total. The summed E-state index contributed by atoms with van der Waals surface area (Å²) < 4.78 is 0. The molecule has 0 saturated heterocycles. The molecule has 2 nitrogen and oxygen atoms in total. The number of aromatic amines is 1. The molecule has 140 valence electrons. The zero-order chi connectivity index (χ0) is 19.2. The van der Waals surface area contributed by atoms with E-state index in [2.05, 4.69) is 53.8 Å². The van der Waals surface area contributed by atoms with E-state index in [1.807, 2.05) is 25.4 Å². The minimum absolute atomic E-state index is 0.760. The molecule has 1 heterocycles. The van der Waals surface area contributed by atoms with Crippen molar-refractivity contribution in [3.8, 4) is 11.1 Å². The number of halogens is 1. The van der Waals surface area contributed by atoms with E-state index in [4.69, 9.17) is 11.6 Å². The molecule has 0 unspecified atom stereocenters. The zero-order valence-corrected chi connectivity index (χ0v) is 16.7. The highest BCUT2D eigenvalue weighted by Crippen LogP contribution is 2.35. The molecule has 0 fully saturated rings. The Morgan fingerprint density at radius 1 is 1.22 bits per heavy atom. The molecule has 0 spiro atoms. The van der Waals surface area contributed by atoms with E-state index in [0.717, 1.165) is 65.0 Å². The normalized spacial score (nSPS) is 11.0. The second-order valence-electron chi connectivity index (χ2n) is 6.91. The predicted octanol–water partition coefficient (Wildman–Crippen LogP) is 6.62. The summed E-state index contributed by atoms with van der Waals surface area (Å²) in [7, 11) is 1.99. The van der Waals surface area contributed by atoms with Crippen LogP contribution in [0.5, 0.6) is 0 Å². The van der Waals surface area contributed by atoms with Crippen LogP contribution in [0.4, 0.5) is 0 Å². The van der Waals surface area contributed by atoms with Gasteiger partial charge in [0.2, 0.25) is 0 Å². The third-order valence-electron chi connectivity index (χ3n) is 4.96. The van der Waals surface area contributed by atoms with Gasteiger partial charge in [0.1, 0.15) is 0 Å². The fraction of sp³-hybridized carbons (Fsp3) is 0.250. The van der Waals surface area contributed by atoms with Crippen molar-refractivity contribution in [2.24, 2.45) is 0 Å². The van der Waals surface area contributed by atoms with E-state index in [1.165, 1.54) is 10.9 Å². The van der Waals surface area contributed by atoms with Crippen LogP contribution in [0.3, 0.4) is 0 Å². The number of rotatable bonds is 9. The van der Waals surface area contributed by atoms with Crippen molar-refractivity contribution in [1.29, 1.82) is 0 Å². The Kier molecular flexibility index (Phi) is 6.54. The van der Waals surface area contributed by atoms with Crippen molar-refractivity contribution < 1.29 is 0 Å². The van der Waals surface area contributed by atoms with E-state index in [1.54, 1.807) is 0 Å². The summed E-state index contributed by atoms with van der Waals surface area (Å²) in [5, 5.41) is 5.12. The van der Waals surface area contributed by atoms with Gasteiger partial charge in [0.15, 0.2) is 0 Å². The van der Waals surface area contributed by atoms with Crippen LogP contribution in [0.2, 0.25) is 5.02 Å². The van der Waals surface area contributed by atoms with Crippen LogP contribution in [0.25, 0.3) is 27.6 Å². The summed E-state index contributed by atoms with van der Waals surface area (Å²) in [6, 6.07) is 12.9. The molecule has 0 aliphatic carbocycles. The van der Waals surface area contributed by atoms with Crippen molar-refractivity contribution in [3.63, 3.8) is 0 Å². The molecule has 3 aromatic rings. The summed E-state index contributed by atoms with van der Waals surface area (Å²) in [6.45, 7) is 9.09. The number of fused-ring (bicyclic) bond motifs is 1. The SMILES string of the molecule is C=CCCC(=C)c1c[nH]c2cc(Cl)c(-c3ccc(CCCNC)cc3)cc12. The van der Waals surface area contributed by atoms with Crippen LogP contribution in [0.15, 0.2) is 61.8 Å². The maximum absolute atomic E-state index is 6.59. The van der Waals surface area contributed by atoms with Crippen molar-refractivity contribution in [2.45, 2.75) is 25.7 Å².